The highest BCUT2D eigenvalue weighted by Crippen LogP contribution is 2.28. The third-order valence-corrected chi connectivity index (χ3v) is 6.45. The molecule has 0 unspecified atom stereocenters. The molecule has 2 amide bonds. The van der Waals surface area contributed by atoms with Crippen LogP contribution in [0.25, 0.3) is 0 Å². The molecule has 3 aromatic rings. The second-order valence-electron chi connectivity index (χ2n) is 8.62. The predicted molar refractivity (Wildman–Crippen MR) is 123 cm³/mol. The van der Waals surface area contributed by atoms with Gasteiger partial charge in [-0.25, -0.2) is 9.07 Å². The number of methoxy groups -OCH3 is 1. The molecule has 1 atom stereocenters. The second kappa shape index (κ2) is 9.83. The van der Waals surface area contributed by atoms with Crippen molar-refractivity contribution in [1.29, 1.82) is 0 Å². The molecule has 2 aromatic carbocycles. The van der Waals surface area contributed by atoms with Crippen molar-refractivity contribution in [3.63, 3.8) is 0 Å². The Bertz CT molecular complexity index is 1220. The van der Waals surface area contributed by atoms with E-state index in [4.69, 9.17) is 9.47 Å². The van der Waals surface area contributed by atoms with E-state index in [-0.39, 0.29) is 42.5 Å². The Kier molecular flexibility index (Phi) is 6.45. The maximum absolute atomic E-state index is 13.4. The van der Waals surface area contributed by atoms with Crippen LogP contribution in [0, 0.1) is 5.82 Å². The number of aromatic nitrogens is 3. The van der Waals surface area contributed by atoms with Gasteiger partial charge in [0.25, 0.3) is 5.91 Å². The molecule has 182 valence electrons. The van der Waals surface area contributed by atoms with Crippen molar-refractivity contribution in [2.45, 2.75) is 25.7 Å². The molecule has 9 nitrogen and oxygen atoms in total. The number of nitrogens with zero attached hydrogens (tertiary/aromatic N) is 5. The van der Waals surface area contributed by atoms with E-state index in [0.717, 1.165) is 11.3 Å². The Morgan fingerprint density at radius 3 is 2.54 bits per heavy atom. The molecule has 0 saturated carbocycles. The van der Waals surface area contributed by atoms with Crippen molar-refractivity contribution >= 4 is 11.8 Å². The summed E-state index contributed by atoms with van der Waals surface area (Å²) in [5, 5.41) is 8.35. The van der Waals surface area contributed by atoms with Crippen molar-refractivity contribution in [2.24, 2.45) is 0 Å². The largest absolute Gasteiger partial charge is 0.497 e. The lowest BCUT2D eigenvalue weighted by molar-refractivity contribution is -0.131. The van der Waals surface area contributed by atoms with Gasteiger partial charge in [-0.05, 0) is 35.4 Å². The minimum atomic E-state index is -0.359. The van der Waals surface area contributed by atoms with Gasteiger partial charge < -0.3 is 19.3 Å². The SMILES string of the molecule is COc1ccc([C@H]2Cn3nnc(C(=O)N4CCN(C(=O)Cc5cccc(F)c5)CC4)c3CO2)cc1. The number of amides is 2. The van der Waals surface area contributed by atoms with Crippen LogP contribution in [-0.4, -0.2) is 69.9 Å². The van der Waals surface area contributed by atoms with Gasteiger partial charge in [0.1, 0.15) is 17.7 Å². The van der Waals surface area contributed by atoms with E-state index < -0.39 is 0 Å². The summed E-state index contributed by atoms with van der Waals surface area (Å²) in [7, 11) is 1.62. The zero-order chi connectivity index (χ0) is 24.4. The maximum atomic E-state index is 13.4. The molecular formula is C25H26FN5O4. The molecule has 0 N–H and O–H groups in total. The smallest absolute Gasteiger partial charge is 0.276 e. The van der Waals surface area contributed by atoms with Crippen molar-refractivity contribution in [3.05, 3.63) is 76.9 Å². The van der Waals surface area contributed by atoms with Gasteiger partial charge in [-0.1, -0.05) is 29.5 Å². The molecule has 0 aliphatic carbocycles. The highest BCUT2D eigenvalue weighted by atomic mass is 19.1. The number of halogens is 1. The van der Waals surface area contributed by atoms with E-state index in [2.05, 4.69) is 10.3 Å². The number of ether oxygens (including phenoxy) is 2. The van der Waals surface area contributed by atoms with Gasteiger partial charge in [0.2, 0.25) is 5.91 Å². The van der Waals surface area contributed by atoms with Gasteiger partial charge in [-0.3, -0.25) is 9.59 Å². The van der Waals surface area contributed by atoms with Crippen LogP contribution in [0.1, 0.15) is 33.4 Å². The summed E-state index contributed by atoms with van der Waals surface area (Å²) >= 11 is 0. The van der Waals surface area contributed by atoms with E-state index in [1.807, 2.05) is 24.3 Å². The average molecular weight is 480 g/mol. The normalized spacial score (nSPS) is 17.7. The summed E-state index contributed by atoms with van der Waals surface area (Å²) in [6, 6.07) is 13.7. The fourth-order valence-corrected chi connectivity index (χ4v) is 4.44. The van der Waals surface area contributed by atoms with Crippen LogP contribution in [0.15, 0.2) is 48.5 Å². The summed E-state index contributed by atoms with van der Waals surface area (Å²) in [5.41, 5.74) is 2.58. The highest BCUT2D eigenvalue weighted by molar-refractivity contribution is 5.93. The molecule has 35 heavy (non-hydrogen) atoms. The van der Waals surface area contributed by atoms with Gasteiger partial charge in [-0.2, -0.15) is 0 Å². The van der Waals surface area contributed by atoms with Crippen molar-refractivity contribution in [3.8, 4) is 5.75 Å². The average Bonchev–Trinajstić information content (AvgIpc) is 3.32. The van der Waals surface area contributed by atoms with Crippen LogP contribution in [0.4, 0.5) is 4.39 Å². The van der Waals surface area contributed by atoms with Gasteiger partial charge >= 0.3 is 0 Å². The molecule has 3 heterocycles. The minimum absolute atomic E-state index is 0.0817. The number of hydrogen-bond acceptors (Lipinski definition) is 6. The quantitative estimate of drug-likeness (QED) is 0.558. The van der Waals surface area contributed by atoms with E-state index in [1.54, 1.807) is 33.7 Å². The number of carbonyl (C=O) groups excluding carboxylic acids is 2. The zero-order valence-corrected chi connectivity index (χ0v) is 19.4. The first-order valence-electron chi connectivity index (χ1n) is 11.5. The maximum Gasteiger partial charge on any atom is 0.276 e. The highest BCUT2D eigenvalue weighted by Gasteiger charge is 2.32. The Balaban J connectivity index is 1.18. The molecule has 5 rings (SSSR count). The number of fused-ring (bicyclic) bond motifs is 1. The lowest BCUT2D eigenvalue weighted by Crippen LogP contribution is -2.51. The van der Waals surface area contributed by atoms with Crippen molar-refractivity contribution in [1.82, 2.24) is 24.8 Å². The summed E-state index contributed by atoms with van der Waals surface area (Å²) in [6.07, 6.45) is -0.0534. The topological polar surface area (TPSA) is 89.8 Å². The van der Waals surface area contributed by atoms with E-state index in [0.29, 0.717) is 44.0 Å². The molecule has 1 fully saturated rings. The van der Waals surface area contributed by atoms with Gasteiger partial charge in [0.15, 0.2) is 5.69 Å². The first-order chi connectivity index (χ1) is 17.0. The molecular weight excluding hydrogens is 453 g/mol. The number of rotatable bonds is 5. The van der Waals surface area contributed by atoms with E-state index in [1.165, 1.54) is 12.1 Å². The van der Waals surface area contributed by atoms with Crippen LogP contribution >= 0.6 is 0 Å². The summed E-state index contributed by atoms with van der Waals surface area (Å²) < 4.78 is 26.3. The molecule has 0 radical (unpaired) electrons. The molecule has 1 aromatic heterocycles. The molecule has 0 bridgehead atoms. The van der Waals surface area contributed by atoms with Crippen LogP contribution in [0.2, 0.25) is 0 Å². The molecule has 10 heteroatoms. The van der Waals surface area contributed by atoms with Gasteiger partial charge in [0.05, 0.1) is 32.4 Å². The fraction of sp³-hybridized carbons (Fsp3) is 0.360. The Hall–Kier alpha value is -3.79. The first kappa shape index (κ1) is 23.0. The Morgan fingerprint density at radius 2 is 1.83 bits per heavy atom. The molecule has 2 aliphatic heterocycles. The van der Waals surface area contributed by atoms with E-state index >= 15 is 0 Å². The molecule has 2 aliphatic rings. The molecule has 1 saturated heterocycles. The number of carbonyl (C=O) groups is 2. The van der Waals surface area contributed by atoms with Gasteiger partial charge in [-0.15, -0.1) is 5.10 Å². The van der Waals surface area contributed by atoms with E-state index in [9.17, 15) is 14.0 Å². The summed E-state index contributed by atoms with van der Waals surface area (Å²) in [5.74, 6) is 0.119. The summed E-state index contributed by atoms with van der Waals surface area (Å²) in [6.45, 7) is 2.32. The van der Waals surface area contributed by atoms with Crippen LogP contribution in [-0.2, 0) is 29.1 Å². The first-order valence-corrected chi connectivity index (χ1v) is 11.5. The third kappa shape index (κ3) is 4.88. The second-order valence-corrected chi connectivity index (χ2v) is 8.62. The molecule has 0 spiro atoms. The van der Waals surface area contributed by atoms with Crippen molar-refractivity contribution in [2.75, 3.05) is 33.3 Å². The zero-order valence-electron chi connectivity index (χ0n) is 19.4. The standard InChI is InChI=1S/C25H26FN5O4/c1-34-20-7-5-18(6-8-20)22-15-31-21(16-35-22)24(27-28-31)25(33)30-11-9-29(10-12-30)23(32)14-17-3-2-4-19(26)13-17/h2-8,13,22H,9-12,14-16H2,1H3/t22-/m1/s1. The Morgan fingerprint density at radius 1 is 1.09 bits per heavy atom. The lowest BCUT2D eigenvalue weighted by Gasteiger charge is -2.34. The van der Waals surface area contributed by atoms with Gasteiger partial charge in [0, 0.05) is 26.2 Å². The lowest BCUT2D eigenvalue weighted by atomic mass is 10.1. The number of piperazine rings is 1. The number of hydrogen-bond donors (Lipinski definition) is 0. The predicted octanol–water partition coefficient (Wildman–Crippen LogP) is 2.22. The minimum Gasteiger partial charge on any atom is -0.497 e. The third-order valence-electron chi connectivity index (χ3n) is 6.45. The summed E-state index contributed by atoms with van der Waals surface area (Å²) in [4.78, 5) is 29.2. The number of benzene rings is 2. The van der Waals surface area contributed by atoms with Crippen LogP contribution < -0.4 is 4.74 Å². The fourth-order valence-electron chi connectivity index (χ4n) is 4.44. The van der Waals surface area contributed by atoms with Crippen molar-refractivity contribution < 1.29 is 23.5 Å². The van der Waals surface area contributed by atoms with Crippen LogP contribution in [0.5, 0.6) is 5.75 Å². The van der Waals surface area contributed by atoms with Crippen LogP contribution in [0.3, 0.4) is 0 Å². The monoisotopic (exact) mass is 479 g/mol. The Labute approximate surface area is 202 Å².